The number of hydrogen-bond donors (Lipinski definition) is 3. The highest BCUT2D eigenvalue weighted by molar-refractivity contribution is 5.95. The smallest absolute Gasteiger partial charge is 0.337 e. The lowest BCUT2D eigenvalue weighted by Crippen LogP contribution is -2.25. The average molecular weight is 266 g/mol. The third kappa shape index (κ3) is 4.79. The molecular weight excluding hydrogens is 244 g/mol. The van der Waals surface area contributed by atoms with Gasteiger partial charge >= 0.3 is 5.97 Å². The molecule has 0 aliphatic carbocycles. The quantitative estimate of drug-likeness (QED) is 0.660. The molecule has 0 unspecified atom stereocenters. The van der Waals surface area contributed by atoms with Gasteiger partial charge in [0.15, 0.2) is 0 Å². The lowest BCUT2D eigenvalue weighted by Gasteiger charge is -2.25. The molecule has 0 aliphatic heterocycles. The number of hydrogen-bond acceptors (Lipinski definition) is 4. The van der Waals surface area contributed by atoms with Crippen molar-refractivity contribution >= 4 is 17.3 Å². The van der Waals surface area contributed by atoms with Crippen LogP contribution in [0.1, 0.15) is 30.6 Å². The first-order valence-electron chi connectivity index (χ1n) is 6.21. The van der Waals surface area contributed by atoms with Crippen LogP contribution in [0, 0.1) is 5.41 Å². The highest BCUT2D eigenvalue weighted by Crippen LogP contribution is 2.24. The number of nitrogens with two attached hydrogens (primary N) is 1. The molecule has 0 bridgehead atoms. The van der Waals surface area contributed by atoms with Gasteiger partial charge in [-0.05, 0) is 30.0 Å². The van der Waals surface area contributed by atoms with Crippen LogP contribution in [0.15, 0.2) is 18.2 Å². The molecule has 19 heavy (non-hydrogen) atoms. The van der Waals surface area contributed by atoms with Crippen molar-refractivity contribution in [3.8, 4) is 0 Å². The maximum absolute atomic E-state index is 11.2. The van der Waals surface area contributed by atoms with Crippen LogP contribution in [0.25, 0.3) is 0 Å². The van der Waals surface area contributed by atoms with E-state index >= 15 is 0 Å². The number of nitrogen functional groups attached to an aromatic ring is 1. The summed E-state index contributed by atoms with van der Waals surface area (Å²) in [7, 11) is 1.67. The van der Waals surface area contributed by atoms with Crippen LogP contribution in [0.4, 0.5) is 11.4 Å². The Hall–Kier alpha value is -1.75. The van der Waals surface area contributed by atoms with E-state index in [1.165, 1.54) is 6.07 Å². The first kappa shape index (κ1) is 15.3. The van der Waals surface area contributed by atoms with E-state index in [1.807, 2.05) is 0 Å². The van der Waals surface area contributed by atoms with Crippen molar-refractivity contribution in [1.82, 2.24) is 0 Å². The molecular formula is C14H22N2O3. The van der Waals surface area contributed by atoms with E-state index in [-0.39, 0.29) is 11.0 Å². The van der Waals surface area contributed by atoms with Gasteiger partial charge in [0.05, 0.1) is 5.56 Å². The minimum Gasteiger partial charge on any atom is -0.478 e. The summed E-state index contributed by atoms with van der Waals surface area (Å²) in [6.45, 7) is 5.57. The highest BCUT2D eigenvalue weighted by atomic mass is 16.5. The summed E-state index contributed by atoms with van der Waals surface area (Å²) in [5.74, 6) is -0.982. The Kier molecular flexibility index (Phi) is 5.18. The number of carbonyl (C=O) groups is 1. The molecule has 0 saturated heterocycles. The number of carboxylic acid groups (broad SMARTS) is 1. The molecule has 0 saturated carbocycles. The van der Waals surface area contributed by atoms with E-state index in [0.29, 0.717) is 24.5 Å². The van der Waals surface area contributed by atoms with E-state index in [1.54, 1.807) is 19.2 Å². The van der Waals surface area contributed by atoms with Crippen molar-refractivity contribution in [1.29, 1.82) is 0 Å². The van der Waals surface area contributed by atoms with Crippen LogP contribution in [-0.4, -0.2) is 31.3 Å². The molecule has 0 aliphatic rings. The maximum atomic E-state index is 11.2. The number of rotatable bonds is 7. The molecule has 5 heteroatoms. The van der Waals surface area contributed by atoms with Crippen molar-refractivity contribution in [3.05, 3.63) is 23.8 Å². The molecule has 0 heterocycles. The molecule has 0 spiro atoms. The molecule has 1 aromatic carbocycles. The summed E-state index contributed by atoms with van der Waals surface area (Å²) in [6.07, 6.45) is 0.897. The van der Waals surface area contributed by atoms with Gasteiger partial charge in [-0.2, -0.15) is 0 Å². The molecule has 0 amide bonds. The van der Waals surface area contributed by atoms with Crippen molar-refractivity contribution in [2.45, 2.75) is 20.3 Å². The van der Waals surface area contributed by atoms with Crippen LogP contribution in [0.2, 0.25) is 0 Å². The summed E-state index contributed by atoms with van der Waals surface area (Å²) in [5.41, 5.74) is 6.86. The predicted octanol–water partition coefficient (Wildman–Crippen LogP) is 2.44. The Morgan fingerprint density at radius 1 is 1.47 bits per heavy atom. The minimum atomic E-state index is -0.982. The fourth-order valence-corrected chi connectivity index (χ4v) is 1.69. The van der Waals surface area contributed by atoms with E-state index in [9.17, 15) is 4.79 Å². The zero-order chi connectivity index (χ0) is 14.5. The van der Waals surface area contributed by atoms with Crippen LogP contribution >= 0.6 is 0 Å². The number of aromatic carboxylic acids is 1. The summed E-state index contributed by atoms with van der Waals surface area (Å²) < 4.78 is 5.07. The lowest BCUT2D eigenvalue weighted by atomic mass is 9.89. The standard InChI is InChI=1S/C14H22N2O3/c1-14(2,6-7-19-3)9-16-12-5-4-10(15)8-11(12)13(17)18/h4-5,8,16H,6-7,9,15H2,1-3H3,(H,17,18). The zero-order valence-corrected chi connectivity index (χ0v) is 11.7. The molecule has 106 valence electrons. The second kappa shape index (κ2) is 6.43. The molecule has 0 atom stereocenters. The Bertz CT molecular complexity index is 444. The number of anilines is 2. The number of benzene rings is 1. The second-order valence-electron chi connectivity index (χ2n) is 5.37. The number of nitrogens with one attached hydrogen (secondary N) is 1. The molecule has 4 N–H and O–H groups in total. The third-order valence-corrected chi connectivity index (χ3v) is 3.01. The van der Waals surface area contributed by atoms with Gasteiger partial charge in [-0.1, -0.05) is 13.8 Å². The van der Waals surface area contributed by atoms with E-state index in [4.69, 9.17) is 15.6 Å². The first-order valence-corrected chi connectivity index (χ1v) is 6.21. The number of methoxy groups -OCH3 is 1. The first-order chi connectivity index (χ1) is 8.85. The van der Waals surface area contributed by atoms with E-state index in [0.717, 1.165) is 6.42 Å². The lowest BCUT2D eigenvalue weighted by molar-refractivity contribution is 0.0698. The van der Waals surface area contributed by atoms with E-state index in [2.05, 4.69) is 19.2 Å². The topological polar surface area (TPSA) is 84.6 Å². The second-order valence-corrected chi connectivity index (χ2v) is 5.37. The number of ether oxygens (including phenoxy) is 1. The molecule has 5 nitrogen and oxygen atoms in total. The van der Waals surface area contributed by atoms with Crippen molar-refractivity contribution < 1.29 is 14.6 Å². The third-order valence-electron chi connectivity index (χ3n) is 3.01. The fourth-order valence-electron chi connectivity index (χ4n) is 1.69. The summed E-state index contributed by atoms with van der Waals surface area (Å²) in [5, 5.41) is 12.3. The van der Waals surface area contributed by atoms with Gasteiger partial charge in [0.25, 0.3) is 0 Å². The Morgan fingerprint density at radius 2 is 2.16 bits per heavy atom. The van der Waals surface area contributed by atoms with Gasteiger partial charge in [0, 0.05) is 31.6 Å². The summed E-state index contributed by atoms with van der Waals surface area (Å²) in [4.78, 5) is 11.2. The molecule has 1 rings (SSSR count). The van der Waals surface area contributed by atoms with Gasteiger partial charge in [-0.25, -0.2) is 4.79 Å². The van der Waals surface area contributed by atoms with Gasteiger partial charge in [-0.3, -0.25) is 0 Å². The summed E-state index contributed by atoms with van der Waals surface area (Å²) >= 11 is 0. The minimum absolute atomic E-state index is 0.0210. The Labute approximate surface area is 113 Å². The normalized spacial score (nSPS) is 11.3. The predicted molar refractivity (Wildman–Crippen MR) is 76.6 cm³/mol. The average Bonchev–Trinajstić information content (AvgIpc) is 2.35. The van der Waals surface area contributed by atoms with Crippen LogP contribution in [0.5, 0.6) is 0 Å². The monoisotopic (exact) mass is 266 g/mol. The molecule has 1 aromatic rings. The molecule has 0 aromatic heterocycles. The van der Waals surface area contributed by atoms with Crippen LogP contribution < -0.4 is 11.1 Å². The van der Waals surface area contributed by atoms with Crippen molar-refractivity contribution in [2.75, 3.05) is 31.3 Å². The van der Waals surface area contributed by atoms with Crippen molar-refractivity contribution in [3.63, 3.8) is 0 Å². The molecule has 0 radical (unpaired) electrons. The van der Waals surface area contributed by atoms with Gasteiger partial charge in [-0.15, -0.1) is 0 Å². The zero-order valence-electron chi connectivity index (χ0n) is 11.7. The van der Waals surface area contributed by atoms with Crippen molar-refractivity contribution in [2.24, 2.45) is 5.41 Å². The highest BCUT2D eigenvalue weighted by Gasteiger charge is 2.19. The van der Waals surface area contributed by atoms with Gasteiger partial charge in [0.2, 0.25) is 0 Å². The van der Waals surface area contributed by atoms with E-state index < -0.39 is 5.97 Å². The van der Waals surface area contributed by atoms with Gasteiger partial charge < -0.3 is 20.9 Å². The Morgan fingerprint density at radius 3 is 2.74 bits per heavy atom. The summed E-state index contributed by atoms with van der Waals surface area (Å²) in [6, 6.07) is 4.86. The largest absolute Gasteiger partial charge is 0.478 e. The maximum Gasteiger partial charge on any atom is 0.337 e. The molecule has 0 fully saturated rings. The van der Waals surface area contributed by atoms with Crippen LogP contribution in [0.3, 0.4) is 0 Å². The van der Waals surface area contributed by atoms with Crippen LogP contribution in [-0.2, 0) is 4.74 Å². The Balaban J connectivity index is 2.75. The SMILES string of the molecule is COCCC(C)(C)CNc1ccc(N)cc1C(=O)O. The number of carboxylic acids is 1. The van der Waals surface area contributed by atoms with Gasteiger partial charge in [0.1, 0.15) is 0 Å². The fraction of sp³-hybridized carbons (Fsp3) is 0.500.